The molecule has 25 heavy (non-hydrogen) atoms. The van der Waals surface area contributed by atoms with Gasteiger partial charge in [0.15, 0.2) is 6.10 Å². The van der Waals surface area contributed by atoms with Gasteiger partial charge in [-0.15, -0.1) is 0 Å². The third-order valence-electron chi connectivity index (χ3n) is 4.07. The number of esters is 1. The average molecular weight is 341 g/mol. The van der Waals surface area contributed by atoms with E-state index in [0.717, 1.165) is 22.3 Å². The Hall–Kier alpha value is -2.33. The summed E-state index contributed by atoms with van der Waals surface area (Å²) in [5.41, 5.74) is 10.9. The molecule has 0 aliphatic carbocycles. The Kier molecular flexibility index (Phi) is 5.53. The van der Waals surface area contributed by atoms with Gasteiger partial charge < -0.3 is 15.2 Å². The highest BCUT2D eigenvalue weighted by Crippen LogP contribution is 2.37. The highest BCUT2D eigenvalue weighted by atomic mass is 16.6. The molecule has 0 fully saturated rings. The van der Waals surface area contributed by atoms with Gasteiger partial charge in [-0.1, -0.05) is 35.9 Å². The van der Waals surface area contributed by atoms with Crippen LogP contribution in [0.25, 0.3) is 11.1 Å². The third-order valence-corrected chi connectivity index (χ3v) is 4.07. The molecule has 0 heterocycles. The lowest BCUT2D eigenvalue weighted by Gasteiger charge is -2.29. The summed E-state index contributed by atoms with van der Waals surface area (Å²) in [4.78, 5) is 12.5. The van der Waals surface area contributed by atoms with E-state index in [4.69, 9.17) is 15.2 Å². The zero-order valence-corrected chi connectivity index (χ0v) is 15.8. The standard InChI is InChI=1S/C21H27NO3/c1-13-7-9-15(10-8-13)16-11-12-17(22)14(2)18(16)19(20(23)24-6)25-21(3,4)5/h7-12,19H,22H2,1-6H3/t19-/m0/s1. The van der Waals surface area contributed by atoms with Crippen LogP contribution in [-0.2, 0) is 14.3 Å². The molecule has 2 aromatic rings. The molecule has 0 spiro atoms. The molecule has 0 saturated carbocycles. The topological polar surface area (TPSA) is 61.5 Å². The number of benzene rings is 2. The van der Waals surface area contributed by atoms with Crippen LogP contribution in [0.5, 0.6) is 0 Å². The fourth-order valence-corrected chi connectivity index (χ4v) is 2.75. The first-order valence-corrected chi connectivity index (χ1v) is 8.35. The summed E-state index contributed by atoms with van der Waals surface area (Å²) in [7, 11) is 1.37. The Balaban J connectivity index is 2.69. The van der Waals surface area contributed by atoms with Gasteiger partial charge in [-0.2, -0.15) is 0 Å². The molecule has 0 aliphatic rings. The van der Waals surface area contributed by atoms with E-state index in [1.807, 2.05) is 71.0 Å². The second-order valence-corrected chi connectivity index (χ2v) is 7.24. The molecule has 2 rings (SSSR count). The van der Waals surface area contributed by atoms with Crippen LogP contribution in [0.1, 0.15) is 43.6 Å². The third kappa shape index (κ3) is 4.40. The Bertz CT molecular complexity index is 758. The number of carbonyl (C=O) groups is 1. The molecule has 0 unspecified atom stereocenters. The van der Waals surface area contributed by atoms with E-state index in [1.54, 1.807) is 0 Å². The fraction of sp³-hybridized carbons (Fsp3) is 0.381. The van der Waals surface area contributed by atoms with Crippen molar-refractivity contribution in [1.29, 1.82) is 0 Å². The van der Waals surface area contributed by atoms with Crippen LogP contribution < -0.4 is 5.73 Å². The summed E-state index contributed by atoms with van der Waals surface area (Å²) in [6.07, 6.45) is -0.843. The maximum absolute atomic E-state index is 12.5. The van der Waals surface area contributed by atoms with E-state index in [9.17, 15) is 4.79 Å². The van der Waals surface area contributed by atoms with E-state index in [2.05, 4.69) is 0 Å². The quantitative estimate of drug-likeness (QED) is 0.653. The first-order chi connectivity index (χ1) is 11.6. The van der Waals surface area contributed by atoms with Gasteiger partial charge in [-0.05, 0) is 57.4 Å². The van der Waals surface area contributed by atoms with Crippen LogP contribution >= 0.6 is 0 Å². The highest BCUT2D eigenvalue weighted by Gasteiger charge is 2.32. The largest absolute Gasteiger partial charge is 0.467 e. The van der Waals surface area contributed by atoms with Crippen molar-refractivity contribution in [2.45, 2.75) is 46.3 Å². The Morgan fingerprint density at radius 2 is 1.64 bits per heavy atom. The first kappa shape index (κ1) is 19.0. The minimum Gasteiger partial charge on any atom is -0.467 e. The molecule has 0 bridgehead atoms. The van der Waals surface area contributed by atoms with Crippen molar-refractivity contribution in [2.75, 3.05) is 12.8 Å². The number of aryl methyl sites for hydroxylation is 1. The van der Waals surface area contributed by atoms with Crippen molar-refractivity contribution < 1.29 is 14.3 Å². The van der Waals surface area contributed by atoms with Crippen LogP contribution in [0.4, 0.5) is 5.69 Å². The molecule has 1 atom stereocenters. The normalized spacial score (nSPS) is 12.7. The number of rotatable bonds is 4. The molecule has 134 valence electrons. The summed E-state index contributed by atoms with van der Waals surface area (Å²) < 4.78 is 11.1. The number of nitrogen functional groups attached to an aromatic ring is 1. The first-order valence-electron chi connectivity index (χ1n) is 8.35. The zero-order chi connectivity index (χ0) is 18.8. The monoisotopic (exact) mass is 341 g/mol. The minimum atomic E-state index is -0.843. The second-order valence-electron chi connectivity index (χ2n) is 7.24. The molecule has 2 N–H and O–H groups in total. The summed E-state index contributed by atoms with van der Waals surface area (Å²) in [6, 6.07) is 12.0. The number of hydrogen-bond acceptors (Lipinski definition) is 4. The van der Waals surface area contributed by atoms with Crippen LogP contribution in [0, 0.1) is 13.8 Å². The zero-order valence-electron chi connectivity index (χ0n) is 15.8. The van der Waals surface area contributed by atoms with Gasteiger partial charge in [0.2, 0.25) is 0 Å². The number of ether oxygens (including phenoxy) is 2. The maximum Gasteiger partial charge on any atom is 0.339 e. The van der Waals surface area contributed by atoms with E-state index < -0.39 is 17.7 Å². The second kappa shape index (κ2) is 7.28. The van der Waals surface area contributed by atoms with Gasteiger partial charge in [-0.25, -0.2) is 4.79 Å². The summed E-state index contributed by atoms with van der Waals surface area (Å²) in [5.74, 6) is -0.433. The van der Waals surface area contributed by atoms with Crippen molar-refractivity contribution >= 4 is 11.7 Å². The SMILES string of the molecule is COC(=O)[C@@H](OC(C)(C)C)c1c(-c2ccc(C)cc2)ccc(N)c1C. The summed E-state index contributed by atoms with van der Waals surface area (Å²) >= 11 is 0. The Labute approximate surface area is 150 Å². The predicted octanol–water partition coefficient (Wildman–Crippen LogP) is 4.58. The van der Waals surface area contributed by atoms with Gasteiger partial charge in [0.25, 0.3) is 0 Å². The fourth-order valence-electron chi connectivity index (χ4n) is 2.75. The van der Waals surface area contributed by atoms with Crippen LogP contribution in [0.3, 0.4) is 0 Å². The summed E-state index contributed by atoms with van der Waals surface area (Å²) in [5, 5.41) is 0. The molecule has 2 aromatic carbocycles. The van der Waals surface area contributed by atoms with Gasteiger partial charge in [0.1, 0.15) is 0 Å². The minimum absolute atomic E-state index is 0.433. The van der Waals surface area contributed by atoms with Crippen molar-refractivity contribution in [3.63, 3.8) is 0 Å². The lowest BCUT2D eigenvalue weighted by molar-refractivity contribution is -0.164. The lowest BCUT2D eigenvalue weighted by Crippen LogP contribution is -2.29. The number of hydrogen-bond donors (Lipinski definition) is 1. The van der Waals surface area contributed by atoms with Gasteiger partial charge in [0.05, 0.1) is 12.7 Å². The molecular weight excluding hydrogens is 314 g/mol. The lowest BCUT2D eigenvalue weighted by atomic mass is 9.90. The number of nitrogens with two attached hydrogens (primary N) is 1. The van der Waals surface area contributed by atoms with E-state index in [-0.39, 0.29) is 0 Å². The predicted molar refractivity (Wildman–Crippen MR) is 101 cm³/mol. The Morgan fingerprint density at radius 3 is 2.16 bits per heavy atom. The Morgan fingerprint density at radius 1 is 1.04 bits per heavy atom. The number of carbonyl (C=O) groups excluding carboxylic acids is 1. The molecular formula is C21H27NO3. The van der Waals surface area contributed by atoms with Gasteiger partial charge in [0, 0.05) is 11.3 Å². The molecule has 0 saturated heterocycles. The smallest absolute Gasteiger partial charge is 0.339 e. The molecule has 4 heteroatoms. The molecule has 0 aliphatic heterocycles. The highest BCUT2D eigenvalue weighted by molar-refractivity contribution is 5.84. The molecule has 0 amide bonds. The molecule has 4 nitrogen and oxygen atoms in total. The molecule has 0 radical (unpaired) electrons. The molecule has 0 aromatic heterocycles. The number of anilines is 1. The van der Waals surface area contributed by atoms with E-state index in [1.165, 1.54) is 12.7 Å². The maximum atomic E-state index is 12.5. The van der Waals surface area contributed by atoms with Gasteiger partial charge >= 0.3 is 5.97 Å². The average Bonchev–Trinajstić information content (AvgIpc) is 2.54. The van der Waals surface area contributed by atoms with Crippen molar-refractivity contribution in [2.24, 2.45) is 0 Å². The van der Waals surface area contributed by atoms with Crippen molar-refractivity contribution in [3.05, 3.63) is 53.1 Å². The van der Waals surface area contributed by atoms with E-state index in [0.29, 0.717) is 5.69 Å². The van der Waals surface area contributed by atoms with Gasteiger partial charge in [-0.3, -0.25) is 0 Å². The summed E-state index contributed by atoms with van der Waals surface area (Å²) in [6.45, 7) is 9.69. The van der Waals surface area contributed by atoms with Crippen molar-refractivity contribution in [1.82, 2.24) is 0 Å². The van der Waals surface area contributed by atoms with Crippen LogP contribution in [-0.4, -0.2) is 18.7 Å². The van der Waals surface area contributed by atoms with Crippen LogP contribution in [0.2, 0.25) is 0 Å². The van der Waals surface area contributed by atoms with Crippen LogP contribution in [0.15, 0.2) is 36.4 Å². The van der Waals surface area contributed by atoms with Crippen molar-refractivity contribution in [3.8, 4) is 11.1 Å². The number of methoxy groups -OCH3 is 1. The van der Waals surface area contributed by atoms with E-state index >= 15 is 0 Å².